The molecule has 1 aromatic carbocycles. The van der Waals surface area contributed by atoms with Gasteiger partial charge in [0.25, 0.3) is 10.0 Å². The summed E-state index contributed by atoms with van der Waals surface area (Å²) in [5.74, 6) is -0.0720. The molecule has 10 heteroatoms. The van der Waals surface area contributed by atoms with Gasteiger partial charge in [-0.2, -0.15) is 4.31 Å². The normalized spacial score (nSPS) is 20.6. The number of rotatable bonds is 4. The lowest BCUT2D eigenvalue weighted by Crippen LogP contribution is -2.54. The first-order valence-electron chi connectivity index (χ1n) is 10.4. The highest BCUT2D eigenvalue weighted by molar-refractivity contribution is 7.91. The van der Waals surface area contributed by atoms with Crippen LogP contribution in [-0.4, -0.2) is 67.3 Å². The molecule has 3 aromatic rings. The van der Waals surface area contributed by atoms with E-state index in [1.54, 1.807) is 28.8 Å². The van der Waals surface area contributed by atoms with Crippen LogP contribution in [-0.2, 0) is 14.8 Å². The van der Waals surface area contributed by atoms with Gasteiger partial charge < -0.3 is 9.80 Å². The average molecular weight is 477 g/mol. The number of benzene rings is 1. The first-order chi connectivity index (χ1) is 14.9. The summed E-state index contributed by atoms with van der Waals surface area (Å²) in [5.41, 5.74) is 2.22. The molecular weight excluding hydrogens is 452 g/mol. The molecule has 7 nitrogen and oxygen atoms in total. The highest BCUT2D eigenvalue weighted by Gasteiger charge is 2.42. The standard InChI is InChI=1S/C21H24N4O3S3/c1-15-6-7-16-18(14-15)30-21(22-16)24-11-9-23(10-12-24)20(26)17-4-2-8-25(17)31(27,28)19-5-3-13-29-19/h3,5-7,13-14,17H,2,4,8-12H2,1H3. The zero-order valence-electron chi connectivity index (χ0n) is 17.2. The molecule has 0 N–H and O–H groups in total. The lowest BCUT2D eigenvalue weighted by Gasteiger charge is -2.37. The predicted molar refractivity (Wildman–Crippen MR) is 124 cm³/mol. The Morgan fingerprint density at radius 2 is 1.94 bits per heavy atom. The van der Waals surface area contributed by atoms with Crippen molar-refractivity contribution in [1.29, 1.82) is 0 Å². The second kappa shape index (κ2) is 8.16. The third-order valence-corrected chi connectivity index (χ3v) is 10.3. The van der Waals surface area contributed by atoms with Gasteiger partial charge in [-0.3, -0.25) is 4.79 Å². The molecule has 2 aliphatic heterocycles. The molecule has 1 amide bonds. The maximum Gasteiger partial charge on any atom is 0.253 e. The maximum atomic E-state index is 13.2. The summed E-state index contributed by atoms with van der Waals surface area (Å²) in [5, 5.41) is 2.73. The van der Waals surface area contributed by atoms with E-state index in [2.05, 4.69) is 24.0 Å². The van der Waals surface area contributed by atoms with E-state index < -0.39 is 16.1 Å². The smallest absolute Gasteiger partial charge is 0.253 e. The van der Waals surface area contributed by atoms with Crippen molar-refractivity contribution in [1.82, 2.24) is 14.2 Å². The van der Waals surface area contributed by atoms with Crippen LogP contribution in [0.5, 0.6) is 0 Å². The van der Waals surface area contributed by atoms with Crippen molar-refractivity contribution in [3.63, 3.8) is 0 Å². The molecule has 2 saturated heterocycles. The summed E-state index contributed by atoms with van der Waals surface area (Å²) < 4.78 is 28.9. The molecule has 0 spiro atoms. The van der Waals surface area contributed by atoms with Crippen LogP contribution in [0, 0.1) is 6.92 Å². The lowest BCUT2D eigenvalue weighted by molar-refractivity contribution is -0.134. The number of aryl methyl sites for hydroxylation is 1. The first-order valence-corrected chi connectivity index (χ1v) is 13.5. The largest absolute Gasteiger partial charge is 0.345 e. The first kappa shape index (κ1) is 20.9. The van der Waals surface area contributed by atoms with Crippen LogP contribution in [0.1, 0.15) is 18.4 Å². The number of fused-ring (bicyclic) bond motifs is 1. The quantitative estimate of drug-likeness (QED) is 0.578. The Morgan fingerprint density at radius 1 is 1.13 bits per heavy atom. The third-order valence-electron chi connectivity index (χ3n) is 5.94. The number of hydrogen-bond acceptors (Lipinski definition) is 7. The third kappa shape index (κ3) is 3.86. The van der Waals surface area contributed by atoms with E-state index >= 15 is 0 Å². The van der Waals surface area contributed by atoms with Gasteiger partial charge in [-0.25, -0.2) is 13.4 Å². The SMILES string of the molecule is Cc1ccc2nc(N3CCN(C(=O)C4CCCN4S(=O)(=O)c4cccs4)CC3)sc2c1. The Bertz CT molecular complexity index is 1200. The Hall–Kier alpha value is -2.01. The van der Waals surface area contributed by atoms with E-state index in [1.807, 2.05) is 11.0 Å². The van der Waals surface area contributed by atoms with E-state index in [4.69, 9.17) is 4.98 Å². The molecule has 1 unspecified atom stereocenters. The fraction of sp³-hybridized carbons (Fsp3) is 0.429. The molecular formula is C21H24N4O3S3. The number of anilines is 1. The van der Waals surface area contributed by atoms with Crippen molar-refractivity contribution in [2.45, 2.75) is 30.0 Å². The second-order valence-electron chi connectivity index (χ2n) is 7.99. The fourth-order valence-corrected chi connectivity index (χ4v) is 8.17. The lowest BCUT2D eigenvalue weighted by atomic mass is 10.2. The number of amides is 1. The Kier molecular flexibility index (Phi) is 5.49. The molecule has 2 aliphatic rings. The number of sulfonamides is 1. The summed E-state index contributed by atoms with van der Waals surface area (Å²) in [4.78, 5) is 22.0. The molecule has 0 aliphatic carbocycles. The van der Waals surface area contributed by atoms with Crippen LogP contribution in [0.3, 0.4) is 0 Å². The Morgan fingerprint density at radius 3 is 2.68 bits per heavy atom. The number of aromatic nitrogens is 1. The van der Waals surface area contributed by atoms with Gasteiger partial charge in [0.15, 0.2) is 5.13 Å². The molecule has 1 atom stereocenters. The van der Waals surface area contributed by atoms with Crippen LogP contribution in [0.15, 0.2) is 39.9 Å². The van der Waals surface area contributed by atoms with E-state index in [9.17, 15) is 13.2 Å². The molecule has 0 radical (unpaired) electrons. The number of carbonyl (C=O) groups excluding carboxylic acids is 1. The van der Waals surface area contributed by atoms with Crippen molar-refractivity contribution in [3.05, 3.63) is 41.3 Å². The molecule has 2 aromatic heterocycles. The van der Waals surface area contributed by atoms with Crippen molar-refractivity contribution in [2.24, 2.45) is 0 Å². The van der Waals surface area contributed by atoms with Crippen LogP contribution in [0.25, 0.3) is 10.2 Å². The number of piperazine rings is 1. The molecule has 164 valence electrons. The van der Waals surface area contributed by atoms with Crippen LogP contribution in [0.4, 0.5) is 5.13 Å². The van der Waals surface area contributed by atoms with Crippen LogP contribution < -0.4 is 4.90 Å². The van der Waals surface area contributed by atoms with Gasteiger partial charge in [0.05, 0.1) is 10.2 Å². The van der Waals surface area contributed by atoms with E-state index in [-0.39, 0.29) is 5.91 Å². The van der Waals surface area contributed by atoms with E-state index in [1.165, 1.54) is 25.9 Å². The average Bonchev–Trinajstić information content (AvgIpc) is 3.53. The van der Waals surface area contributed by atoms with Gasteiger partial charge in [0.1, 0.15) is 10.3 Å². The van der Waals surface area contributed by atoms with E-state index in [0.717, 1.165) is 10.6 Å². The Balaban J connectivity index is 1.27. The Labute approximate surface area is 190 Å². The van der Waals surface area contributed by atoms with Crippen molar-refractivity contribution in [3.8, 4) is 0 Å². The topological polar surface area (TPSA) is 73.8 Å². The summed E-state index contributed by atoms with van der Waals surface area (Å²) in [7, 11) is -3.61. The monoisotopic (exact) mass is 476 g/mol. The van der Waals surface area contributed by atoms with Gasteiger partial charge >= 0.3 is 0 Å². The van der Waals surface area contributed by atoms with Crippen LogP contribution >= 0.6 is 22.7 Å². The highest BCUT2D eigenvalue weighted by atomic mass is 32.2. The predicted octanol–water partition coefficient (Wildman–Crippen LogP) is 3.17. The molecule has 4 heterocycles. The minimum atomic E-state index is -3.61. The van der Waals surface area contributed by atoms with Crippen molar-refractivity contribution >= 4 is 54.0 Å². The number of carbonyl (C=O) groups is 1. The van der Waals surface area contributed by atoms with Crippen molar-refractivity contribution in [2.75, 3.05) is 37.6 Å². The highest BCUT2D eigenvalue weighted by Crippen LogP contribution is 2.32. The zero-order valence-corrected chi connectivity index (χ0v) is 19.7. The molecule has 5 rings (SSSR count). The van der Waals surface area contributed by atoms with Gasteiger partial charge in [-0.1, -0.05) is 23.5 Å². The van der Waals surface area contributed by atoms with Gasteiger partial charge in [-0.05, 0) is 48.9 Å². The number of hydrogen-bond donors (Lipinski definition) is 0. The molecule has 31 heavy (non-hydrogen) atoms. The van der Waals surface area contributed by atoms with Gasteiger partial charge in [0, 0.05) is 32.7 Å². The van der Waals surface area contributed by atoms with Crippen LogP contribution in [0.2, 0.25) is 0 Å². The summed E-state index contributed by atoms with van der Waals surface area (Å²) >= 11 is 2.88. The van der Waals surface area contributed by atoms with Gasteiger partial charge in [-0.15, -0.1) is 11.3 Å². The fourth-order valence-electron chi connectivity index (χ4n) is 4.28. The zero-order chi connectivity index (χ0) is 21.6. The minimum Gasteiger partial charge on any atom is -0.345 e. The number of thiazole rings is 1. The number of nitrogens with zero attached hydrogens (tertiary/aromatic N) is 4. The second-order valence-corrected chi connectivity index (χ2v) is 12.1. The number of thiophene rings is 1. The van der Waals surface area contributed by atoms with Gasteiger partial charge in [0.2, 0.25) is 5.91 Å². The summed E-state index contributed by atoms with van der Waals surface area (Å²) in [6, 6.07) is 9.02. The van der Waals surface area contributed by atoms with Crippen molar-refractivity contribution < 1.29 is 13.2 Å². The summed E-state index contributed by atoms with van der Waals surface area (Å²) in [6.45, 7) is 5.05. The molecule has 0 bridgehead atoms. The molecule has 2 fully saturated rings. The minimum absolute atomic E-state index is 0.0720. The molecule has 0 saturated carbocycles. The maximum absolute atomic E-state index is 13.2. The summed E-state index contributed by atoms with van der Waals surface area (Å²) in [6.07, 6.45) is 1.30. The van der Waals surface area contributed by atoms with E-state index in [0.29, 0.717) is 49.8 Å².